The zero-order valence-corrected chi connectivity index (χ0v) is 19.4. The fourth-order valence-electron chi connectivity index (χ4n) is 3.14. The van der Waals surface area contributed by atoms with Gasteiger partial charge in [0.1, 0.15) is 23.9 Å². The number of aromatic hydroxyl groups is 1. The molecule has 36 heavy (non-hydrogen) atoms. The number of hydrogen-bond donors (Lipinski definition) is 8. The van der Waals surface area contributed by atoms with Crippen molar-refractivity contribution < 1.29 is 34.2 Å². The van der Waals surface area contributed by atoms with Gasteiger partial charge < -0.3 is 42.6 Å². The fraction of sp³-hybridized carbons (Fsp3) is 0.364. The molecule has 0 radical (unpaired) electrons. The number of amides is 4. The monoisotopic (exact) mass is 503 g/mol. The molecule has 0 bridgehead atoms. The van der Waals surface area contributed by atoms with Crippen molar-refractivity contribution in [2.75, 3.05) is 0 Å². The molecule has 0 aliphatic heterocycles. The van der Waals surface area contributed by atoms with Gasteiger partial charge in [-0.3, -0.25) is 24.0 Å². The van der Waals surface area contributed by atoms with E-state index in [9.17, 15) is 29.1 Å². The number of phenolic OH excluding ortho intramolecular Hbond substituents is 1. The Morgan fingerprint density at radius 2 is 1.56 bits per heavy atom. The zero-order chi connectivity index (χ0) is 26.8. The van der Waals surface area contributed by atoms with Crippen LogP contribution in [0, 0.1) is 0 Å². The Morgan fingerprint density at radius 3 is 2.11 bits per heavy atom. The average molecular weight is 504 g/mol. The summed E-state index contributed by atoms with van der Waals surface area (Å²) in [6.07, 6.45) is 2.26. The van der Waals surface area contributed by atoms with Gasteiger partial charge in [-0.1, -0.05) is 12.1 Å². The van der Waals surface area contributed by atoms with Crippen LogP contribution in [-0.2, 0) is 36.8 Å². The molecule has 0 aliphatic carbocycles. The van der Waals surface area contributed by atoms with Crippen molar-refractivity contribution in [1.82, 2.24) is 25.9 Å². The number of rotatable bonds is 13. The second-order valence-corrected chi connectivity index (χ2v) is 8.12. The van der Waals surface area contributed by atoms with E-state index in [1.165, 1.54) is 43.7 Å². The Bertz CT molecular complexity index is 1070. The summed E-state index contributed by atoms with van der Waals surface area (Å²) in [5.41, 5.74) is 11.8. The van der Waals surface area contributed by atoms with Gasteiger partial charge in [0.05, 0.1) is 18.8 Å². The number of imidazole rings is 1. The van der Waals surface area contributed by atoms with Gasteiger partial charge in [0.25, 0.3) is 0 Å². The maximum absolute atomic E-state index is 13.2. The normalized spacial score (nSPS) is 14.1. The van der Waals surface area contributed by atoms with Crippen LogP contribution in [0.5, 0.6) is 5.75 Å². The molecule has 0 saturated carbocycles. The highest BCUT2D eigenvalue weighted by Gasteiger charge is 2.30. The number of H-pyrrole nitrogens is 1. The van der Waals surface area contributed by atoms with Gasteiger partial charge in [-0.25, -0.2) is 4.98 Å². The molecule has 10 N–H and O–H groups in total. The predicted octanol–water partition coefficient (Wildman–Crippen LogP) is -2.34. The maximum atomic E-state index is 13.2. The summed E-state index contributed by atoms with van der Waals surface area (Å²) in [5.74, 6) is -4.44. The number of carboxylic acid groups (broad SMARTS) is 1. The highest BCUT2D eigenvalue weighted by atomic mass is 16.4. The molecule has 0 fully saturated rings. The summed E-state index contributed by atoms with van der Waals surface area (Å²) in [6.45, 7) is 1.27. The molecule has 2 aromatic rings. The van der Waals surface area contributed by atoms with E-state index in [1.54, 1.807) is 0 Å². The van der Waals surface area contributed by atoms with E-state index in [4.69, 9.17) is 16.6 Å². The molecule has 14 nitrogen and oxygen atoms in total. The van der Waals surface area contributed by atoms with Gasteiger partial charge in [-0.05, 0) is 24.6 Å². The van der Waals surface area contributed by atoms with Crippen LogP contribution in [0.15, 0.2) is 36.8 Å². The summed E-state index contributed by atoms with van der Waals surface area (Å²) in [5, 5.41) is 25.9. The van der Waals surface area contributed by atoms with E-state index in [1.807, 2.05) is 0 Å². The first-order valence-corrected chi connectivity index (χ1v) is 10.9. The van der Waals surface area contributed by atoms with E-state index in [0.29, 0.717) is 11.3 Å². The lowest BCUT2D eigenvalue weighted by molar-refractivity contribution is -0.141. The van der Waals surface area contributed by atoms with Crippen molar-refractivity contribution in [3.8, 4) is 5.75 Å². The van der Waals surface area contributed by atoms with Gasteiger partial charge in [0.15, 0.2) is 0 Å². The number of carbonyl (C=O) groups excluding carboxylic acids is 4. The number of nitrogens with one attached hydrogen (secondary N) is 4. The number of aromatic nitrogens is 2. The number of phenols is 1. The number of nitrogens with zero attached hydrogens (tertiary/aromatic N) is 1. The molecule has 2 rings (SSSR count). The average Bonchev–Trinajstić information content (AvgIpc) is 3.32. The molecule has 4 atom stereocenters. The molecule has 1 aromatic heterocycles. The number of benzene rings is 1. The first-order chi connectivity index (χ1) is 17.0. The van der Waals surface area contributed by atoms with E-state index < -0.39 is 60.2 Å². The van der Waals surface area contributed by atoms with E-state index in [-0.39, 0.29) is 18.6 Å². The Kier molecular flexibility index (Phi) is 9.92. The van der Waals surface area contributed by atoms with E-state index in [0.717, 1.165) is 0 Å². The Morgan fingerprint density at radius 1 is 0.972 bits per heavy atom. The number of aromatic amines is 1. The summed E-state index contributed by atoms with van der Waals surface area (Å²) in [4.78, 5) is 67.5. The maximum Gasteiger partial charge on any atom is 0.325 e. The van der Waals surface area contributed by atoms with Crippen LogP contribution in [0.25, 0.3) is 0 Å². The molecule has 1 aromatic carbocycles. The van der Waals surface area contributed by atoms with Crippen LogP contribution in [0.1, 0.15) is 24.6 Å². The first kappa shape index (κ1) is 27.8. The molecule has 4 unspecified atom stereocenters. The number of carboxylic acids is 1. The van der Waals surface area contributed by atoms with Crippen molar-refractivity contribution in [2.45, 2.75) is 50.4 Å². The molecule has 0 spiro atoms. The Hall–Kier alpha value is -4.46. The second-order valence-electron chi connectivity index (χ2n) is 8.12. The van der Waals surface area contributed by atoms with Crippen LogP contribution in [0.2, 0.25) is 0 Å². The molecule has 4 amide bonds. The fourth-order valence-corrected chi connectivity index (χ4v) is 3.14. The van der Waals surface area contributed by atoms with Crippen LogP contribution in [0.3, 0.4) is 0 Å². The van der Waals surface area contributed by atoms with Crippen LogP contribution >= 0.6 is 0 Å². The molecule has 14 heteroatoms. The van der Waals surface area contributed by atoms with Gasteiger partial charge in [-0.15, -0.1) is 0 Å². The van der Waals surface area contributed by atoms with Crippen molar-refractivity contribution >= 4 is 29.6 Å². The van der Waals surface area contributed by atoms with Crippen LogP contribution in [-0.4, -0.2) is 73.9 Å². The quantitative estimate of drug-likeness (QED) is 0.146. The molecule has 0 saturated heterocycles. The van der Waals surface area contributed by atoms with Gasteiger partial charge >= 0.3 is 5.97 Å². The minimum absolute atomic E-state index is 0.00360. The Balaban J connectivity index is 2.25. The molecular formula is C22H29N7O7. The lowest BCUT2D eigenvalue weighted by Gasteiger charge is -2.24. The summed E-state index contributed by atoms with van der Waals surface area (Å²) < 4.78 is 0. The summed E-state index contributed by atoms with van der Waals surface area (Å²) >= 11 is 0. The van der Waals surface area contributed by atoms with Crippen LogP contribution < -0.4 is 27.4 Å². The van der Waals surface area contributed by atoms with Gasteiger partial charge in [0.2, 0.25) is 23.6 Å². The number of carbonyl (C=O) groups is 5. The highest BCUT2D eigenvalue weighted by molar-refractivity contribution is 5.95. The highest BCUT2D eigenvalue weighted by Crippen LogP contribution is 2.12. The van der Waals surface area contributed by atoms with Gasteiger partial charge in [-0.2, -0.15) is 0 Å². The first-order valence-electron chi connectivity index (χ1n) is 10.9. The third kappa shape index (κ3) is 8.72. The lowest BCUT2D eigenvalue weighted by atomic mass is 10.0. The summed E-state index contributed by atoms with van der Waals surface area (Å²) in [7, 11) is 0. The minimum Gasteiger partial charge on any atom is -0.508 e. The third-order valence-corrected chi connectivity index (χ3v) is 5.11. The molecule has 194 valence electrons. The largest absolute Gasteiger partial charge is 0.508 e. The van der Waals surface area contributed by atoms with Gasteiger partial charge in [0, 0.05) is 24.7 Å². The number of aliphatic carboxylic acids is 1. The zero-order valence-electron chi connectivity index (χ0n) is 19.4. The predicted molar refractivity (Wildman–Crippen MR) is 125 cm³/mol. The van der Waals surface area contributed by atoms with Crippen LogP contribution in [0.4, 0.5) is 0 Å². The lowest BCUT2D eigenvalue weighted by Crippen LogP contribution is -2.58. The third-order valence-electron chi connectivity index (χ3n) is 5.11. The van der Waals surface area contributed by atoms with E-state index >= 15 is 0 Å². The van der Waals surface area contributed by atoms with Crippen molar-refractivity contribution in [1.29, 1.82) is 0 Å². The number of hydrogen-bond acceptors (Lipinski definition) is 8. The SMILES string of the molecule is CC(NC(=O)C(Cc1cnc[nH]1)NC(=O)C(Cc1ccc(O)cc1)NC(=O)C(N)CC(N)=O)C(=O)O. The topological polar surface area (TPSA) is 243 Å². The number of primary amides is 1. The smallest absolute Gasteiger partial charge is 0.325 e. The summed E-state index contributed by atoms with van der Waals surface area (Å²) in [6, 6.07) is 0.867. The van der Waals surface area contributed by atoms with Crippen molar-refractivity contribution in [3.05, 3.63) is 48.0 Å². The molecule has 1 heterocycles. The standard InChI is InChI=1S/C22H29N7O7/c1-11(22(35)36)27-20(33)17(7-13-9-25-10-26-13)29-21(34)16(6-12-2-4-14(30)5-3-12)28-19(32)15(23)8-18(24)31/h2-5,9-11,15-17,30H,6-8,23H2,1H3,(H2,24,31)(H,25,26)(H,27,33)(H,28,32)(H,29,34)(H,35,36). The second kappa shape index (κ2) is 12.9. The Labute approximate surface area is 205 Å². The minimum atomic E-state index is -1.31. The van der Waals surface area contributed by atoms with Crippen molar-refractivity contribution in [3.63, 3.8) is 0 Å². The number of nitrogens with two attached hydrogens (primary N) is 2. The molecule has 0 aliphatic rings. The molecular weight excluding hydrogens is 474 g/mol. The van der Waals surface area contributed by atoms with E-state index in [2.05, 4.69) is 25.9 Å². The van der Waals surface area contributed by atoms with Crippen molar-refractivity contribution in [2.24, 2.45) is 11.5 Å².